The summed E-state index contributed by atoms with van der Waals surface area (Å²) in [6.07, 6.45) is 1.21. The van der Waals surface area contributed by atoms with Gasteiger partial charge in [0.25, 0.3) is 0 Å². The van der Waals surface area contributed by atoms with Crippen molar-refractivity contribution >= 4 is 19.7 Å². The summed E-state index contributed by atoms with van der Waals surface area (Å²) in [5.41, 5.74) is 0. The highest BCUT2D eigenvalue weighted by Crippen LogP contribution is 2.06. The van der Waals surface area contributed by atoms with Gasteiger partial charge in [-0.3, -0.25) is 0 Å². The van der Waals surface area contributed by atoms with Crippen LogP contribution in [0.3, 0.4) is 0 Å². The lowest BCUT2D eigenvalue weighted by molar-refractivity contribution is 0.505. The molecule has 0 aromatic rings. The Balaban J connectivity index is 0. The van der Waals surface area contributed by atoms with Gasteiger partial charge in [0.2, 0.25) is 0 Å². The maximum absolute atomic E-state index is 10.2. The van der Waals surface area contributed by atoms with Gasteiger partial charge in [0.1, 0.15) is 0 Å². The SMILES string of the molecule is CCSS(C)(=O)=O.CN(C)C. The highest BCUT2D eigenvalue weighted by Gasteiger charge is 1.96. The Bertz CT molecular complexity index is 161. The van der Waals surface area contributed by atoms with Gasteiger partial charge in [-0.05, 0) is 31.9 Å². The van der Waals surface area contributed by atoms with Gasteiger partial charge < -0.3 is 4.90 Å². The van der Waals surface area contributed by atoms with Crippen molar-refractivity contribution in [2.45, 2.75) is 6.92 Å². The van der Waals surface area contributed by atoms with E-state index in [1.165, 1.54) is 6.26 Å². The normalized spacial score (nSPS) is 10.7. The largest absolute Gasteiger partial charge is 0.312 e. The fourth-order valence-corrected chi connectivity index (χ4v) is 1.93. The molecule has 11 heavy (non-hydrogen) atoms. The first-order valence-electron chi connectivity index (χ1n) is 3.25. The second kappa shape index (κ2) is 6.94. The van der Waals surface area contributed by atoms with Gasteiger partial charge >= 0.3 is 0 Å². The average molecular weight is 199 g/mol. The molecule has 5 heteroatoms. The third kappa shape index (κ3) is 38.6. The predicted molar refractivity (Wildman–Crippen MR) is 52.6 cm³/mol. The minimum Gasteiger partial charge on any atom is -0.312 e. The van der Waals surface area contributed by atoms with Crippen LogP contribution in [0.1, 0.15) is 6.92 Å². The van der Waals surface area contributed by atoms with Crippen molar-refractivity contribution in [2.75, 3.05) is 33.2 Å². The lowest BCUT2D eigenvalue weighted by Gasteiger charge is -1.90. The Morgan fingerprint density at radius 3 is 1.55 bits per heavy atom. The van der Waals surface area contributed by atoms with Gasteiger partial charge in [-0.2, -0.15) is 0 Å². The molecule has 0 spiro atoms. The van der Waals surface area contributed by atoms with Crippen molar-refractivity contribution in [3.05, 3.63) is 0 Å². The van der Waals surface area contributed by atoms with E-state index < -0.39 is 8.87 Å². The Morgan fingerprint density at radius 1 is 1.27 bits per heavy atom. The van der Waals surface area contributed by atoms with Crippen molar-refractivity contribution in [3.8, 4) is 0 Å². The lowest BCUT2D eigenvalue weighted by Crippen LogP contribution is -1.99. The summed E-state index contributed by atoms with van der Waals surface area (Å²) in [7, 11) is 4.20. The van der Waals surface area contributed by atoms with Crippen LogP contribution >= 0.6 is 10.8 Å². The van der Waals surface area contributed by atoms with E-state index in [2.05, 4.69) is 0 Å². The molecule has 0 aromatic carbocycles. The van der Waals surface area contributed by atoms with E-state index in [-0.39, 0.29) is 0 Å². The molecule has 0 bridgehead atoms. The summed E-state index contributed by atoms with van der Waals surface area (Å²) in [6, 6.07) is 0. The van der Waals surface area contributed by atoms with Crippen LogP contribution in [0.2, 0.25) is 0 Å². The summed E-state index contributed by atoms with van der Waals surface area (Å²) in [4.78, 5) is 2.00. The van der Waals surface area contributed by atoms with Crippen LogP contribution in [0.15, 0.2) is 0 Å². The number of nitrogens with zero attached hydrogens (tertiary/aromatic N) is 1. The fraction of sp³-hybridized carbons (Fsp3) is 1.00. The smallest absolute Gasteiger partial charge is 0.198 e. The number of hydrogen-bond acceptors (Lipinski definition) is 4. The minimum atomic E-state index is -2.76. The molecule has 0 N–H and O–H groups in total. The molecule has 70 valence electrons. The van der Waals surface area contributed by atoms with Crippen LogP contribution in [-0.2, 0) is 8.87 Å². The third-order valence-corrected chi connectivity index (χ3v) is 2.99. The van der Waals surface area contributed by atoms with Crippen LogP contribution < -0.4 is 0 Å². The van der Waals surface area contributed by atoms with E-state index in [1.807, 2.05) is 33.0 Å². The van der Waals surface area contributed by atoms with Crippen LogP contribution in [0.5, 0.6) is 0 Å². The van der Waals surface area contributed by atoms with E-state index in [1.54, 1.807) is 0 Å². The maximum Gasteiger partial charge on any atom is 0.198 e. The second-order valence-electron chi connectivity index (χ2n) is 2.45. The summed E-state index contributed by atoms with van der Waals surface area (Å²) in [6.45, 7) is 1.81. The first-order chi connectivity index (χ1) is 4.79. The van der Waals surface area contributed by atoms with Gasteiger partial charge in [0.15, 0.2) is 8.87 Å². The molecule has 0 fully saturated rings. The molecule has 0 radical (unpaired) electrons. The molecule has 0 aliphatic rings. The predicted octanol–water partition coefficient (Wildman–Crippen LogP) is 0.877. The summed E-state index contributed by atoms with van der Waals surface area (Å²) < 4.78 is 20.4. The second-order valence-corrected chi connectivity index (χ2v) is 7.20. The highest BCUT2D eigenvalue weighted by molar-refractivity contribution is 8.71. The molecule has 0 aliphatic carbocycles. The molecular formula is C6H17NO2S2. The zero-order valence-corrected chi connectivity index (χ0v) is 9.42. The Morgan fingerprint density at radius 2 is 1.55 bits per heavy atom. The van der Waals surface area contributed by atoms with Crippen molar-refractivity contribution in [1.29, 1.82) is 0 Å². The van der Waals surface area contributed by atoms with E-state index in [0.717, 1.165) is 10.8 Å². The maximum atomic E-state index is 10.2. The lowest BCUT2D eigenvalue weighted by atomic mass is 11.0. The van der Waals surface area contributed by atoms with Crippen LogP contribution in [0.25, 0.3) is 0 Å². The molecule has 0 saturated carbocycles. The monoisotopic (exact) mass is 199 g/mol. The summed E-state index contributed by atoms with van der Waals surface area (Å²) >= 11 is 0. The van der Waals surface area contributed by atoms with Gasteiger partial charge in [0.05, 0.1) is 0 Å². The molecule has 0 unspecified atom stereocenters. The quantitative estimate of drug-likeness (QED) is 0.619. The molecule has 0 atom stereocenters. The molecule has 0 heterocycles. The van der Waals surface area contributed by atoms with E-state index in [4.69, 9.17) is 0 Å². The fourth-order valence-electron chi connectivity index (χ4n) is 0.214. The van der Waals surface area contributed by atoms with Crippen LogP contribution in [0.4, 0.5) is 0 Å². The summed E-state index contributed by atoms with van der Waals surface area (Å²) in [5.74, 6) is 0.638. The van der Waals surface area contributed by atoms with Crippen molar-refractivity contribution in [2.24, 2.45) is 0 Å². The Labute approximate surface area is 73.5 Å². The molecule has 0 saturated heterocycles. The standard InChI is InChI=1S/C3H9N.C3H8O2S2/c1-4(2)3;1-3-6-7(2,4)5/h1-3H3;3H2,1-2H3. The third-order valence-electron chi connectivity index (χ3n) is 0.332. The van der Waals surface area contributed by atoms with E-state index in [9.17, 15) is 8.42 Å². The Kier molecular flexibility index (Phi) is 8.72. The van der Waals surface area contributed by atoms with E-state index >= 15 is 0 Å². The van der Waals surface area contributed by atoms with Gasteiger partial charge in [0, 0.05) is 12.0 Å². The van der Waals surface area contributed by atoms with E-state index in [0.29, 0.717) is 5.75 Å². The topological polar surface area (TPSA) is 37.4 Å². The molecule has 3 nitrogen and oxygen atoms in total. The van der Waals surface area contributed by atoms with Gasteiger partial charge in [-0.15, -0.1) is 0 Å². The van der Waals surface area contributed by atoms with Gasteiger partial charge in [-0.1, -0.05) is 6.92 Å². The molecule has 0 aliphatic heterocycles. The average Bonchev–Trinajstić information content (AvgIpc) is 1.58. The first-order valence-corrected chi connectivity index (χ1v) is 6.64. The molecule has 0 amide bonds. The molecular weight excluding hydrogens is 182 g/mol. The highest BCUT2D eigenvalue weighted by atomic mass is 33.1. The Hall–Kier alpha value is 0.260. The minimum absolute atomic E-state index is 0.638. The molecule has 0 aromatic heterocycles. The van der Waals surface area contributed by atoms with Crippen LogP contribution in [-0.4, -0.2) is 46.5 Å². The zero-order chi connectivity index (χ0) is 9.49. The summed E-state index contributed by atoms with van der Waals surface area (Å²) in [5, 5.41) is 0. The molecule has 0 rings (SSSR count). The first kappa shape index (κ1) is 13.8. The van der Waals surface area contributed by atoms with Crippen molar-refractivity contribution in [1.82, 2.24) is 4.90 Å². The van der Waals surface area contributed by atoms with Crippen LogP contribution in [0, 0.1) is 0 Å². The zero-order valence-electron chi connectivity index (χ0n) is 7.79. The van der Waals surface area contributed by atoms with Crippen molar-refractivity contribution in [3.63, 3.8) is 0 Å². The van der Waals surface area contributed by atoms with Gasteiger partial charge in [-0.25, -0.2) is 8.42 Å². The number of rotatable bonds is 2. The number of hydrogen-bond donors (Lipinski definition) is 0. The van der Waals surface area contributed by atoms with Crippen molar-refractivity contribution < 1.29 is 8.42 Å².